The van der Waals surface area contributed by atoms with E-state index in [4.69, 9.17) is 0 Å². The van der Waals surface area contributed by atoms with Crippen LogP contribution in [0.15, 0.2) is 91.0 Å². The molecule has 0 saturated carbocycles. The van der Waals surface area contributed by atoms with Gasteiger partial charge in [-0.1, -0.05) is 91.0 Å². The van der Waals surface area contributed by atoms with Crippen molar-refractivity contribution in [2.24, 2.45) is 0 Å². The van der Waals surface area contributed by atoms with Gasteiger partial charge in [0.2, 0.25) is 0 Å². The van der Waals surface area contributed by atoms with Crippen LogP contribution in [0.4, 0.5) is 0 Å². The number of benzene rings is 3. The van der Waals surface area contributed by atoms with E-state index >= 15 is 0 Å². The molecule has 0 saturated heterocycles. The van der Waals surface area contributed by atoms with Crippen LogP contribution in [-0.4, -0.2) is 18.0 Å². The fraction of sp³-hybridized carbons (Fsp3) is 0. The normalized spacial score (nSPS) is 10.1. The Morgan fingerprint density at radius 1 is 0.400 bits per heavy atom. The van der Waals surface area contributed by atoms with Gasteiger partial charge in [-0.25, -0.2) is 0 Å². The van der Waals surface area contributed by atoms with Crippen LogP contribution >= 0.6 is 7.92 Å². The molecule has 0 aliphatic heterocycles. The summed E-state index contributed by atoms with van der Waals surface area (Å²) in [5.41, 5.74) is 0. The molecule has 3 rings (SSSR count). The molecule has 1 unspecified atom stereocenters. The van der Waals surface area contributed by atoms with Crippen LogP contribution in [0.3, 0.4) is 0 Å². The van der Waals surface area contributed by atoms with Gasteiger partial charge in [0, 0.05) is 0 Å². The van der Waals surface area contributed by atoms with Gasteiger partial charge in [0.15, 0.2) is 0 Å². The Morgan fingerprint density at radius 3 is 0.900 bits per heavy atom. The topological polar surface area (TPSA) is 0 Å². The minimum atomic E-state index is -0.446. The largest absolute Gasteiger partial charge is 0.0622 e. The molecule has 0 aliphatic rings. The molecule has 3 aromatic carbocycles. The zero-order valence-electron chi connectivity index (χ0n) is 11.3. The monoisotopic (exact) mass is 340 g/mol. The summed E-state index contributed by atoms with van der Waals surface area (Å²) in [7, 11) is -0.446. The number of hydrogen-bond donors (Lipinski definition) is 0. The molecule has 0 nitrogen and oxygen atoms in total. The van der Waals surface area contributed by atoms with Crippen molar-refractivity contribution in [1.29, 1.82) is 0 Å². The van der Waals surface area contributed by atoms with Crippen LogP contribution in [-0.2, 0) is 0 Å². The average molecular weight is 340 g/mol. The summed E-state index contributed by atoms with van der Waals surface area (Å²) >= 11 is 0. The van der Waals surface area contributed by atoms with E-state index in [1.807, 2.05) is 0 Å². The van der Waals surface area contributed by atoms with Gasteiger partial charge in [0.25, 0.3) is 0 Å². The van der Waals surface area contributed by atoms with Crippen molar-refractivity contribution in [2.75, 3.05) is 0 Å². The van der Waals surface area contributed by atoms with Gasteiger partial charge in [0.1, 0.15) is 0 Å². The van der Waals surface area contributed by atoms with Crippen molar-refractivity contribution in [2.45, 2.75) is 0 Å². The van der Waals surface area contributed by atoms with Gasteiger partial charge >= 0.3 is 18.0 Å². The van der Waals surface area contributed by atoms with Crippen molar-refractivity contribution in [3.8, 4) is 0 Å². The zero-order valence-corrected chi connectivity index (χ0v) is 15.2. The molecule has 0 radical (unpaired) electrons. The minimum Gasteiger partial charge on any atom is -0.0622 e. The van der Waals surface area contributed by atoms with Gasteiger partial charge < -0.3 is 0 Å². The molecule has 0 N–H and O–H groups in total. The maximum Gasteiger partial charge on any atom is -0.0134 e. The molecule has 0 spiro atoms. The van der Waals surface area contributed by atoms with Gasteiger partial charge in [-0.05, 0) is 23.8 Å². The second-order valence-corrected chi connectivity index (χ2v) is 6.56. The second-order valence-electron chi connectivity index (χ2n) is 4.34. The van der Waals surface area contributed by atoms with Gasteiger partial charge in [-0.3, -0.25) is 0 Å². The van der Waals surface area contributed by atoms with Crippen molar-refractivity contribution < 1.29 is 0 Å². The van der Waals surface area contributed by atoms with E-state index in [1.54, 1.807) is 0 Å². The molecule has 2 heteroatoms. The maximum absolute atomic E-state index is 2.23. The molecule has 0 bridgehead atoms. The Bertz CT molecular complexity index is 529. The summed E-state index contributed by atoms with van der Waals surface area (Å²) in [5.74, 6) is 0. The van der Waals surface area contributed by atoms with E-state index in [0.717, 1.165) is 0 Å². The number of rotatable bonds is 3. The van der Waals surface area contributed by atoms with Crippen molar-refractivity contribution >= 4 is 41.8 Å². The van der Waals surface area contributed by atoms with E-state index in [0.29, 0.717) is 0 Å². The SMILES string of the molecule is [AsH3].c1ccc(P(c2ccccc2)c2ccccc2)cc1. The Morgan fingerprint density at radius 2 is 0.650 bits per heavy atom. The van der Waals surface area contributed by atoms with Crippen LogP contribution in [0, 0.1) is 0 Å². The van der Waals surface area contributed by atoms with Crippen molar-refractivity contribution in [3.05, 3.63) is 91.0 Å². The maximum atomic E-state index is 2.23. The first kappa shape index (κ1) is 15.0. The molecular formula is C18H18AsP. The summed E-state index contributed by atoms with van der Waals surface area (Å²) in [6, 6.07) is 32.3. The molecule has 0 aromatic heterocycles. The predicted octanol–water partition coefficient (Wildman–Crippen LogP) is 2.26. The Balaban J connectivity index is 0.00000147. The standard InChI is InChI=1S/C18H15P.AsH3/c1-4-10-16(11-5-1)19(17-12-6-2-7-13-17)18-14-8-3-9-15-18;/h1-15H;1H3. The van der Waals surface area contributed by atoms with Gasteiger partial charge in [0.05, 0.1) is 0 Å². The fourth-order valence-corrected chi connectivity index (χ4v) is 4.48. The molecule has 0 heterocycles. The van der Waals surface area contributed by atoms with E-state index in [9.17, 15) is 0 Å². The minimum absolute atomic E-state index is 0. The Kier molecular flexibility index (Phi) is 5.59. The summed E-state index contributed by atoms with van der Waals surface area (Å²) in [6.07, 6.45) is 0. The third-order valence-electron chi connectivity index (χ3n) is 3.04. The molecule has 3 aromatic rings. The van der Waals surface area contributed by atoms with E-state index in [-0.39, 0.29) is 18.0 Å². The van der Waals surface area contributed by atoms with Crippen molar-refractivity contribution in [1.82, 2.24) is 0 Å². The molecular weight excluding hydrogens is 322 g/mol. The molecule has 1 atom stereocenters. The predicted molar refractivity (Wildman–Crippen MR) is 95.1 cm³/mol. The summed E-state index contributed by atoms with van der Waals surface area (Å²) in [5, 5.41) is 4.19. The van der Waals surface area contributed by atoms with Gasteiger partial charge in [-0.15, -0.1) is 0 Å². The molecule has 100 valence electrons. The van der Waals surface area contributed by atoms with Crippen molar-refractivity contribution in [3.63, 3.8) is 0 Å². The van der Waals surface area contributed by atoms with Crippen LogP contribution < -0.4 is 15.9 Å². The van der Waals surface area contributed by atoms with Crippen LogP contribution in [0.25, 0.3) is 0 Å². The first-order valence-electron chi connectivity index (χ1n) is 6.40. The first-order valence-corrected chi connectivity index (χ1v) is 7.74. The van der Waals surface area contributed by atoms with Gasteiger partial charge in [-0.2, -0.15) is 0 Å². The Labute approximate surface area is 132 Å². The molecule has 0 fully saturated rings. The second kappa shape index (κ2) is 7.44. The van der Waals surface area contributed by atoms with Crippen LogP contribution in [0.1, 0.15) is 0 Å². The van der Waals surface area contributed by atoms with Crippen LogP contribution in [0.5, 0.6) is 0 Å². The first-order chi connectivity index (χ1) is 9.45. The molecule has 0 amide bonds. The third-order valence-corrected chi connectivity index (χ3v) is 5.49. The average Bonchev–Trinajstić information content (AvgIpc) is 2.51. The van der Waals surface area contributed by atoms with Crippen LogP contribution in [0.2, 0.25) is 0 Å². The Hall–Kier alpha value is -1.35. The quantitative estimate of drug-likeness (QED) is 0.507. The third kappa shape index (κ3) is 3.40. The molecule has 0 aliphatic carbocycles. The fourth-order valence-electron chi connectivity index (χ4n) is 2.18. The smallest absolute Gasteiger partial charge is 0.0134 e. The summed E-state index contributed by atoms with van der Waals surface area (Å²) in [6.45, 7) is 0. The van der Waals surface area contributed by atoms with E-state index < -0.39 is 7.92 Å². The summed E-state index contributed by atoms with van der Waals surface area (Å²) < 4.78 is 0. The van der Waals surface area contributed by atoms with E-state index in [1.165, 1.54) is 15.9 Å². The zero-order chi connectivity index (χ0) is 12.9. The summed E-state index contributed by atoms with van der Waals surface area (Å²) in [4.78, 5) is 0. The number of hydrogen-bond acceptors (Lipinski definition) is 0. The molecule has 20 heavy (non-hydrogen) atoms. The van der Waals surface area contributed by atoms with E-state index in [2.05, 4.69) is 91.0 Å².